The average Bonchev–Trinajstić information content (AvgIpc) is 2.98. The van der Waals surface area contributed by atoms with E-state index in [1.54, 1.807) is 0 Å². The topological polar surface area (TPSA) is 25.8 Å². The van der Waals surface area contributed by atoms with Crippen LogP contribution in [0, 0.1) is 6.92 Å². The third-order valence-corrected chi connectivity index (χ3v) is 5.42. The highest BCUT2D eigenvalue weighted by Crippen LogP contribution is 2.40. The van der Waals surface area contributed by atoms with E-state index < -0.39 is 0 Å². The first-order valence-electron chi connectivity index (χ1n) is 8.86. The molecule has 0 unspecified atom stereocenters. The van der Waals surface area contributed by atoms with E-state index in [0.717, 1.165) is 17.8 Å². The SMILES string of the molecule is Cc1ccc2c(n1)Cc1c(-c3cc4c(cn3)CCCC4)cccc1-2. The molecule has 2 nitrogen and oxygen atoms in total. The van der Waals surface area contributed by atoms with Gasteiger partial charge in [0.15, 0.2) is 0 Å². The first kappa shape index (κ1) is 13.9. The van der Waals surface area contributed by atoms with Crippen molar-refractivity contribution in [1.29, 1.82) is 0 Å². The summed E-state index contributed by atoms with van der Waals surface area (Å²) in [5.41, 5.74) is 11.6. The van der Waals surface area contributed by atoms with E-state index in [-0.39, 0.29) is 0 Å². The maximum atomic E-state index is 4.80. The summed E-state index contributed by atoms with van der Waals surface area (Å²) in [4.78, 5) is 9.55. The van der Waals surface area contributed by atoms with E-state index in [2.05, 4.69) is 49.5 Å². The van der Waals surface area contributed by atoms with Crippen molar-refractivity contribution in [2.24, 2.45) is 0 Å². The van der Waals surface area contributed by atoms with Crippen LogP contribution in [-0.4, -0.2) is 9.97 Å². The summed E-state index contributed by atoms with van der Waals surface area (Å²) in [6.45, 7) is 2.06. The van der Waals surface area contributed by atoms with Crippen LogP contribution in [0.1, 0.15) is 40.9 Å². The molecule has 2 aliphatic carbocycles. The molecule has 0 spiro atoms. The zero-order valence-corrected chi connectivity index (χ0v) is 14.0. The van der Waals surface area contributed by atoms with Gasteiger partial charge in [0.05, 0.1) is 11.4 Å². The molecule has 2 heterocycles. The fourth-order valence-electron chi connectivity index (χ4n) is 4.19. The molecule has 0 saturated heterocycles. The van der Waals surface area contributed by atoms with E-state index in [9.17, 15) is 0 Å². The van der Waals surface area contributed by atoms with Crippen LogP contribution < -0.4 is 0 Å². The number of fused-ring (bicyclic) bond motifs is 4. The standard InChI is InChI=1S/C22H20N2/c1-14-9-10-19-17-7-4-8-18(20(17)12-22(19)24-14)21-11-15-5-2-3-6-16(15)13-23-21/h4,7-11,13H,2-3,5-6,12H2,1H3. The van der Waals surface area contributed by atoms with Crippen molar-refractivity contribution in [2.45, 2.75) is 39.0 Å². The van der Waals surface area contributed by atoms with Gasteiger partial charge in [-0.05, 0) is 67.0 Å². The van der Waals surface area contributed by atoms with Crippen molar-refractivity contribution >= 4 is 0 Å². The molecule has 2 heteroatoms. The molecule has 0 bridgehead atoms. The minimum Gasteiger partial charge on any atom is -0.257 e. The first-order chi connectivity index (χ1) is 11.8. The van der Waals surface area contributed by atoms with Crippen LogP contribution >= 0.6 is 0 Å². The van der Waals surface area contributed by atoms with Crippen molar-refractivity contribution in [3.8, 4) is 22.4 Å². The molecule has 1 aromatic carbocycles. The van der Waals surface area contributed by atoms with Crippen molar-refractivity contribution in [1.82, 2.24) is 9.97 Å². The molecule has 2 aliphatic rings. The Morgan fingerprint density at radius 3 is 2.62 bits per heavy atom. The van der Waals surface area contributed by atoms with E-state index >= 15 is 0 Å². The third kappa shape index (κ3) is 2.10. The maximum Gasteiger partial charge on any atom is 0.0708 e. The lowest BCUT2D eigenvalue weighted by molar-refractivity contribution is 0.682. The van der Waals surface area contributed by atoms with Crippen LogP contribution in [0.15, 0.2) is 42.6 Å². The molecule has 118 valence electrons. The number of benzene rings is 1. The highest BCUT2D eigenvalue weighted by atomic mass is 14.7. The Kier molecular flexibility index (Phi) is 3.05. The molecule has 0 amide bonds. The average molecular weight is 312 g/mol. The van der Waals surface area contributed by atoms with Gasteiger partial charge in [-0.25, -0.2) is 0 Å². The Morgan fingerprint density at radius 2 is 1.71 bits per heavy atom. The van der Waals surface area contributed by atoms with Crippen molar-refractivity contribution in [2.75, 3.05) is 0 Å². The summed E-state index contributed by atoms with van der Waals surface area (Å²) in [6, 6.07) is 13.2. The van der Waals surface area contributed by atoms with Crippen LogP contribution in [-0.2, 0) is 19.3 Å². The van der Waals surface area contributed by atoms with E-state index in [4.69, 9.17) is 9.97 Å². The molecule has 0 N–H and O–H groups in total. The van der Waals surface area contributed by atoms with Gasteiger partial charge < -0.3 is 0 Å². The third-order valence-electron chi connectivity index (χ3n) is 5.42. The van der Waals surface area contributed by atoms with Crippen molar-refractivity contribution in [3.05, 3.63) is 70.7 Å². The molecule has 2 aromatic heterocycles. The van der Waals surface area contributed by atoms with Gasteiger partial charge in [0.1, 0.15) is 0 Å². The van der Waals surface area contributed by atoms with E-state index in [0.29, 0.717) is 0 Å². The van der Waals surface area contributed by atoms with Gasteiger partial charge in [-0.2, -0.15) is 0 Å². The largest absolute Gasteiger partial charge is 0.257 e. The van der Waals surface area contributed by atoms with Gasteiger partial charge in [-0.3, -0.25) is 9.97 Å². The quantitative estimate of drug-likeness (QED) is 0.499. The predicted molar refractivity (Wildman–Crippen MR) is 97.1 cm³/mol. The minimum atomic E-state index is 0.918. The molecule has 5 rings (SSSR count). The van der Waals surface area contributed by atoms with Gasteiger partial charge in [0.25, 0.3) is 0 Å². The van der Waals surface area contributed by atoms with Crippen LogP contribution in [0.2, 0.25) is 0 Å². The Labute approximate surface area is 142 Å². The van der Waals surface area contributed by atoms with Crippen LogP contribution in [0.5, 0.6) is 0 Å². The summed E-state index contributed by atoms with van der Waals surface area (Å²) in [5, 5.41) is 0. The number of hydrogen-bond donors (Lipinski definition) is 0. The second-order valence-corrected chi connectivity index (χ2v) is 7.00. The molecule has 0 radical (unpaired) electrons. The number of pyridine rings is 2. The highest BCUT2D eigenvalue weighted by molar-refractivity contribution is 5.83. The van der Waals surface area contributed by atoms with Gasteiger partial charge >= 0.3 is 0 Å². The molecular weight excluding hydrogens is 292 g/mol. The fourth-order valence-corrected chi connectivity index (χ4v) is 4.19. The summed E-state index contributed by atoms with van der Waals surface area (Å²) in [6.07, 6.45) is 8.01. The number of nitrogens with zero attached hydrogens (tertiary/aromatic N) is 2. The molecule has 0 saturated carbocycles. The predicted octanol–water partition coefficient (Wildman–Crippen LogP) is 4.90. The van der Waals surface area contributed by atoms with Gasteiger partial charge in [-0.1, -0.05) is 24.3 Å². The monoisotopic (exact) mass is 312 g/mol. The molecule has 24 heavy (non-hydrogen) atoms. The second kappa shape index (κ2) is 5.27. The normalized spacial score (nSPS) is 14.9. The van der Waals surface area contributed by atoms with Crippen LogP contribution in [0.25, 0.3) is 22.4 Å². The number of aryl methyl sites for hydroxylation is 3. The number of hydrogen-bond acceptors (Lipinski definition) is 2. The lowest BCUT2D eigenvalue weighted by Gasteiger charge is -2.17. The van der Waals surface area contributed by atoms with Crippen molar-refractivity contribution < 1.29 is 0 Å². The smallest absolute Gasteiger partial charge is 0.0708 e. The van der Waals surface area contributed by atoms with Gasteiger partial charge in [0.2, 0.25) is 0 Å². The Hall–Kier alpha value is -2.48. The second-order valence-electron chi connectivity index (χ2n) is 7.00. The molecule has 0 atom stereocenters. The minimum absolute atomic E-state index is 0.918. The first-order valence-corrected chi connectivity index (χ1v) is 8.86. The molecule has 0 aliphatic heterocycles. The molecular formula is C22H20N2. The Balaban J connectivity index is 1.65. The Morgan fingerprint density at radius 1 is 0.875 bits per heavy atom. The van der Waals surface area contributed by atoms with Crippen molar-refractivity contribution in [3.63, 3.8) is 0 Å². The van der Waals surface area contributed by atoms with E-state index in [1.165, 1.54) is 64.8 Å². The van der Waals surface area contributed by atoms with Crippen LogP contribution in [0.4, 0.5) is 0 Å². The zero-order valence-electron chi connectivity index (χ0n) is 14.0. The lowest BCUT2D eigenvalue weighted by atomic mass is 9.91. The lowest BCUT2D eigenvalue weighted by Crippen LogP contribution is -2.04. The Bertz CT molecular complexity index is 956. The molecule has 3 aromatic rings. The maximum absolute atomic E-state index is 4.80. The van der Waals surface area contributed by atoms with Gasteiger partial charge in [-0.15, -0.1) is 0 Å². The fraction of sp³-hybridized carbons (Fsp3) is 0.273. The summed E-state index contributed by atoms with van der Waals surface area (Å²) in [5.74, 6) is 0. The van der Waals surface area contributed by atoms with Crippen LogP contribution in [0.3, 0.4) is 0 Å². The molecule has 0 fully saturated rings. The zero-order chi connectivity index (χ0) is 16.1. The summed E-state index contributed by atoms with van der Waals surface area (Å²) < 4.78 is 0. The van der Waals surface area contributed by atoms with E-state index in [1.807, 2.05) is 0 Å². The number of rotatable bonds is 1. The van der Waals surface area contributed by atoms with Gasteiger partial charge in [0, 0.05) is 29.4 Å². The number of aromatic nitrogens is 2. The highest BCUT2D eigenvalue weighted by Gasteiger charge is 2.23. The summed E-state index contributed by atoms with van der Waals surface area (Å²) >= 11 is 0. The summed E-state index contributed by atoms with van der Waals surface area (Å²) in [7, 11) is 0.